The van der Waals surface area contributed by atoms with E-state index in [1.54, 1.807) is 11.8 Å². The van der Waals surface area contributed by atoms with Crippen molar-refractivity contribution in [1.82, 2.24) is 15.1 Å². The van der Waals surface area contributed by atoms with Crippen LogP contribution >= 0.6 is 0 Å². The Bertz CT molecular complexity index is 789. The summed E-state index contributed by atoms with van der Waals surface area (Å²) in [6, 6.07) is -0.808. The number of nitrogens with zero attached hydrogens (tertiary/aromatic N) is 2. The van der Waals surface area contributed by atoms with Gasteiger partial charge in [-0.05, 0) is 39.0 Å². The van der Waals surface area contributed by atoms with E-state index >= 15 is 0 Å². The maximum absolute atomic E-state index is 13.7. The van der Waals surface area contributed by atoms with Gasteiger partial charge in [-0.3, -0.25) is 19.3 Å². The lowest BCUT2D eigenvalue weighted by molar-refractivity contribution is -0.161. The number of carbonyl (C=O) groups is 3. The first kappa shape index (κ1) is 25.3. The van der Waals surface area contributed by atoms with E-state index < -0.39 is 35.0 Å². The van der Waals surface area contributed by atoms with Crippen LogP contribution in [0.2, 0.25) is 0 Å². The standard InChI is InChI=1S/C24H39N3O7/c1-4-33-22(31)18-17-21(30)27(8-5-6-12-28)19(24(17)15-16(2)23(18,3)34-24)20(29)25-7-9-26-10-13-32-14-11-26/h16-19,28H,4-15H2,1-3H3,(H,25,29)/t16?,17-,18+,19?,23-,24?/m0/s1. The normalized spacial score (nSPS) is 37.2. The molecule has 34 heavy (non-hydrogen) atoms. The number of hydrogen-bond donors (Lipinski definition) is 2. The molecule has 4 aliphatic rings. The Morgan fingerprint density at radius 1 is 1.24 bits per heavy atom. The molecule has 2 N–H and O–H groups in total. The number of esters is 1. The summed E-state index contributed by atoms with van der Waals surface area (Å²) in [6.07, 6.45) is 1.64. The van der Waals surface area contributed by atoms with Crippen LogP contribution in [0.4, 0.5) is 0 Å². The molecular weight excluding hydrogens is 442 g/mol. The van der Waals surface area contributed by atoms with E-state index in [0.717, 1.165) is 13.1 Å². The molecular formula is C24H39N3O7. The summed E-state index contributed by atoms with van der Waals surface area (Å²) in [5.74, 6) is -2.38. The van der Waals surface area contributed by atoms with Crippen LogP contribution in [0, 0.1) is 17.8 Å². The van der Waals surface area contributed by atoms with Gasteiger partial charge >= 0.3 is 5.97 Å². The molecule has 0 saturated carbocycles. The molecule has 10 nitrogen and oxygen atoms in total. The average molecular weight is 482 g/mol. The van der Waals surface area contributed by atoms with Gasteiger partial charge in [0.25, 0.3) is 0 Å². The summed E-state index contributed by atoms with van der Waals surface area (Å²) in [7, 11) is 0. The molecule has 6 atom stereocenters. The van der Waals surface area contributed by atoms with Crippen LogP contribution in [-0.2, 0) is 28.6 Å². The van der Waals surface area contributed by atoms with Gasteiger partial charge in [-0.1, -0.05) is 6.92 Å². The second-order valence-electron chi connectivity index (χ2n) is 10.2. The number of aliphatic hydroxyl groups is 1. The van der Waals surface area contributed by atoms with Crippen LogP contribution in [0.1, 0.15) is 40.0 Å². The zero-order chi connectivity index (χ0) is 24.5. The van der Waals surface area contributed by atoms with Crippen molar-refractivity contribution in [2.45, 2.75) is 57.3 Å². The first-order valence-corrected chi connectivity index (χ1v) is 12.7. The van der Waals surface area contributed by atoms with Crippen molar-refractivity contribution >= 4 is 17.8 Å². The highest BCUT2D eigenvalue weighted by Gasteiger charge is 2.80. The van der Waals surface area contributed by atoms with Gasteiger partial charge in [0, 0.05) is 39.3 Å². The fraction of sp³-hybridized carbons (Fsp3) is 0.875. The number of likely N-dealkylation sites (tertiary alicyclic amines) is 1. The second kappa shape index (κ2) is 10.1. The molecule has 4 heterocycles. The van der Waals surface area contributed by atoms with Gasteiger partial charge < -0.3 is 29.5 Å². The third-order valence-electron chi connectivity index (χ3n) is 8.24. The summed E-state index contributed by atoms with van der Waals surface area (Å²) in [5, 5.41) is 12.3. The van der Waals surface area contributed by atoms with Crippen LogP contribution in [0.25, 0.3) is 0 Å². The Labute approximate surface area is 201 Å². The molecule has 2 amide bonds. The summed E-state index contributed by atoms with van der Waals surface area (Å²) >= 11 is 0. The monoisotopic (exact) mass is 481 g/mol. The lowest BCUT2D eigenvalue weighted by Crippen LogP contribution is -2.56. The smallest absolute Gasteiger partial charge is 0.312 e. The number of unbranched alkanes of at least 4 members (excludes halogenated alkanes) is 1. The topological polar surface area (TPSA) is 118 Å². The van der Waals surface area contributed by atoms with Crippen molar-refractivity contribution in [2.75, 3.05) is 59.2 Å². The maximum Gasteiger partial charge on any atom is 0.312 e. The first-order valence-electron chi connectivity index (χ1n) is 12.7. The molecule has 0 aromatic heterocycles. The van der Waals surface area contributed by atoms with E-state index in [9.17, 15) is 19.5 Å². The van der Waals surface area contributed by atoms with Gasteiger partial charge in [0.1, 0.15) is 17.6 Å². The summed E-state index contributed by atoms with van der Waals surface area (Å²) in [6.45, 7) is 10.4. The maximum atomic E-state index is 13.7. The van der Waals surface area contributed by atoms with E-state index in [2.05, 4.69) is 10.2 Å². The summed E-state index contributed by atoms with van der Waals surface area (Å²) in [4.78, 5) is 44.2. The molecule has 0 aromatic carbocycles. The Kier molecular flexibility index (Phi) is 7.52. The molecule has 1 spiro atoms. The van der Waals surface area contributed by atoms with Crippen molar-refractivity contribution in [3.05, 3.63) is 0 Å². The highest BCUT2D eigenvalue weighted by molar-refractivity contribution is 5.98. The lowest BCUT2D eigenvalue weighted by Gasteiger charge is -2.35. The fourth-order valence-corrected chi connectivity index (χ4v) is 6.52. The molecule has 192 valence electrons. The van der Waals surface area contributed by atoms with Crippen LogP contribution in [-0.4, -0.2) is 109 Å². The summed E-state index contributed by atoms with van der Waals surface area (Å²) in [5.41, 5.74) is -1.90. The molecule has 0 radical (unpaired) electrons. The third-order valence-corrected chi connectivity index (χ3v) is 8.24. The minimum atomic E-state index is -1.05. The number of fused-ring (bicyclic) bond motifs is 1. The molecule has 4 aliphatic heterocycles. The zero-order valence-corrected chi connectivity index (χ0v) is 20.6. The predicted molar refractivity (Wildman–Crippen MR) is 122 cm³/mol. The van der Waals surface area contributed by atoms with Gasteiger partial charge in [0.2, 0.25) is 11.8 Å². The largest absolute Gasteiger partial charge is 0.466 e. The summed E-state index contributed by atoms with van der Waals surface area (Å²) < 4.78 is 17.3. The fourth-order valence-electron chi connectivity index (χ4n) is 6.52. The molecule has 10 heteroatoms. The minimum absolute atomic E-state index is 0.00741. The van der Waals surface area contributed by atoms with Gasteiger partial charge in [-0.2, -0.15) is 0 Å². The molecule has 4 fully saturated rings. The average Bonchev–Trinajstić information content (AvgIpc) is 3.32. The van der Waals surface area contributed by atoms with Crippen molar-refractivity contribution in [1.29, 1.82) is 0 Å². The van der Waals surface area contributed by atoms with E-state index in [1.807, 2.05) is 13.8 Å². The quantitative estimate of drug-likeness (QED) is 0.325. The van der Waals surface area contributed by atoms with Crippen molar-refractivity contribution in [3.63, 3.8) is 0 Å². The number of morpholine rings is 1. The second-order valence-corrected chi connectivity index (χ2v) is 10.2. The zero-order valence-electron chi connectivity index (χ0n) is 20.6. The van der Waals surface area contributed by atoms with E-state index in [4.69, 9.17) is 14.2 Å². The SMILES string of the molecule is CCOC(=O)[C@H]1[C@H]2C(=O)N(CCCCO)C(C(=O)NCCN3CCOCC3)C23CC(C)[C@]1(C)O3. The number of aliphatic hydroxyl groups excluding tert-OH is 1. The number of ether oxygens (including phenoxy) is 3. The minimum Gasteiger partial charge on any atom is -0.466 e. The van der Waals surface area contributed by atoms with Gasteiger partial charge in [0.15, 0.2) is 0 Å². The molecule has 0 aliphatic carbocycles. The Hall–Kier alpha value is -1.75. The molecule has 0 aromatic rings. The molecule has 4 saturated heterocycles. The first-order chi connectivity index (χ1) is 16.3. The third kappa shape index (κ3) is 4.12. The molecule has 2 bridgehead atoms. The number of rotatable bonds is 10. The lowest BCUT2D eigenvalue weighted by atomic mass is 9.62. The van der Waals surface area contributed by atoms with Crippen LogP contribution in [0.5, 0.6) is 0 Å². The Balaban J connectivity index is 1.58. The van der Waals surface area contributed by atoms with Gasteiger partial charge in [0.05, 0.1) is 31.3 Å². The van der Waals surface area contributed by atoms with Crippen LogP contribution in [0.15, 0.2) is 0 Å². The highest BCUT2D eigenvalue weighted by Crippen LogP contribution is 2.65. The number of amides is 2. The van der Waals surface area contributed by atoms with E-state index in [0.29, 0.717) is 52.1 Å². The molecule has 3 unspecified atom stereocenters. The Morgan fingerprint density at radius 2 is 1.97 bits per heavy atom. The van der Waals surface area contributed by atoms with Gasteiger partial charge in [-0.25, -0.2) is 0 Å². The number of carbonyl (C=O) groups excluding carboxylic acids is 3. The van der Waals surface area contributed by atoms with Crippen LogP contribution in [0.3, 0.4) is 0 Å². The number of nitrogens with one attached hydrogen (secondary N) is 1. The van der Waals surface area contributed by atoms with E-state index in [1.165, 1.54) is 0 Å². The predicted octanol–water partition coefficient (Wildman–Crippen LogP) is -0.219. The number of hydrogen-bond acceptors (Lipinski definition) is 8. The van der Waals surface area contributed by atoms with Crippen molar-refractivity contribution in [2.24, 2.45) is 17.8 Å². The van der Waals surface area contributed by atoms with E-state index in [-0.39, 0.29) is 30.9 Å². The van der Waals surface area contributed by atoms with Gasteiger partial charge in [-0.15, -0.1) is 0 Å². The highest BCUT2D eigenvalue weighted by atomic mass is 16.6. The van der Waals surface area contributed by atoms with Crippen molar-refractivity contribution in [3.8, 4) is 0 Å². The Morgan fingerprint density at radius 3 is 2.65 bits per heavy atom. The van der Waals surface area contributed by atoms with Crippen molar-refractivity contribution < 1.29 is 33.7 Å². The van der Waals surface area contributed by atoms with Crippen LogP contribution < -0.4 is 5.32 Å². The molecule has 4 rings (SSSR count).